The van der Waals surface area contributed by atoms with Gasteiger partial charge in [-0.05, 0) is 56.1 Å². The molecule has 4 atom stereocenters. The van der Waals surface area contributed by atoms with Gasteiger partial charge in [0.2, 0.25) is 11.0 Å². The average Bonchev–Trinajstić information content (AvgIpc) is 3.39. The monoisotopic (exact) mass is 406 g/mol. The number of halogens is 1. The van der Waals surface area contributed by atoms with Crippen LogP contribution < -0.4 is 10.6 Å². The predicted molar refractivity (Wildman–Crippen MR) is 107 cm³/mol. The lowest BCUT2D eigenvalue weighted by Crippen LogP contribution is -2.40. The van der Waals surface area contributed by atoms with Crippen LogP contribution in [0.5, 0.6) is 0 Å². The largest absolute Gasteiger partial charge is 0.353 e. The second kappa shape index (κ2) is 8.14. The first-order chi connectivity index (χ1) is 13.1. The maximum Gasteiger partial charge on any atom is 0.230 e. The van der Waals surface area contributed by atoms with Gasteiger partial charge in [0.1, 0.15) is 5.82 Å². The standard InChI is InChI=1S/C19H23FN4OS2/c1-11(14-9-12-6-7-13(14)8-12)21-17(25)10-26-19-24-23-18(27-19)22-16-5-3-2-4-15(16)20/h2-5,11-14H,6-10H2,1H3,(H,21,25)(H,22,23). The molecule has 0 radical (unpaired) electrons. The molecule has 2 aliphatic rings. The number of carbonyl (C=O) groups excluding carboxylic acids is 1. The van der Waals surface area contributed by atoms with Crippen LogP contribution in [0, 0.1) is 23.6 Å². The number of benzene rings is 1. The molecule has 4 rings (SSSR count). The molecular formula is C19H23FN4OS2. The van der Waals surface area contributed by atoms with Gasteiger partial charge in [-0.15, -0.1) is 10.2 Å². The van der Waals surface area contributed by atoms with Gasteiger partial charge in [-0.3, -0.25) is 4.79 Å². The smallest absolute Gasteiger partial charge is 0.230 e. The maximum atomic E-state index is 13.7. The summed E-state index contributed by atoms with van der Waals surface area (Å²) in [5, 5.41) is 14.7. The van der Waals surface area contributed by atoms with Crippen LogP contribution in [-0.4, -0.2) is 27.9 Å². The van der Waals surface area contributed by atoms with Crippen LogP contribution in [0.25, 0.3) is 0 Å². The summed E-state index contributed by atoms with van der Waals surface area (Å²) in [6.45, 7) is 2.13. The van der Waals surface area contributed by atoms with Crippen molar-refractivity contribution in [2.24, 2.45) is 17.8 Å². The zero-order chi connectivity index (χ0) is 18.8. The van der Waals surface area contributed by atoms with E-state index in [9.17, 15) is 9.18 Å². The highest BCUT2D eigenvalue weighted by Crippen LogP contribution is 2.49. The van der Waals surface area contributed by atoms with Crippen molar-refractivity contribution >= 4 is 39.8 Å². The van der Waals surface area contributed by atoms with Crippen molar-refractivity contribution in [2.75, 3.05) is 11.1 Å². The topological polar surface area (TPSA) is 66.9 Å². The molecule has 2 fully saturated rings. The van der Waals surface area contributed by atoms with Crippen LogP contribution in [0.15, 0.2) is 28.6 Å². The van der Waals surface area contributed by atoms with Crippen LogP contribution in [0.4, 0.5) is 15.2 Å². The molecular weight excluding hydrogens is 383 g/mol. The van der Waals surface area contributed by atoms with Crippen molar-refractivity contribution in [1.29, 1.82) is 0 Å². The molecule has 1 aromatic heterocycles. The minimum Gasteiger partial charge on any atom is -0.353 e. The molecule has 2 bridgehead atoms. The lowest BCUT2D eigenvalue weighted by atomic mass is 9.84. The van der Waals surface area contributed by atoms with Crippen molar-refractivity contribution in [3.8, 4) is 0 Å². The summed E-state index contributed by atoms with van der Waals surface area (Å²) in [6, 6.07) is 6.66. The van der Waals surface area contributed by atoms with Gasteiger partial charge in [0.25, 0.3) is 0 Å². The third-order valence-electron chi connectivity index (χ3n) is 5.67. The van der Waals surface area contributed by atoms with E-state index in [-0.39, 0.29) is 17.8 Å². The van der Waals surface area contributed by atoms with E-state index >= 15 is 0 Å². The summed E-state index contributed by atoms with van der Waals surface area (Å²) in [4.78, 5) is 12.3. The van der Waals surface area contributed by atoms with E-state index in [1.165, 1.54) is 54.8 Å². The van der Waals surface area contributed by atoms with Gasteiger partial charge in [0.05, 0.1) is 11.4 Å². The normalized spacial score (nSPS) is 24.7. The SMILES string of the molecule is CC(NC(=O)CSc1nnc(Nc2ccccc2F)s1)C1CC2CCC1C2. The Bertz CT molecular complexity index is 815. The molecule has 2 saturated carbocycles. The van der Waals surface area contributed by atoms with Gasteiger partial charge < -0.3 is 10.6 Å². The Morgan fingerprint density at radius 3 is 2.93 bits per heavy atom. The lowest BCUT2D eigenvalue weighted by Gasteiger charge is -2.28. The fourth-order valence-electron chi connectivity index (χ4n) is 4.43. The molecule has 5 nitrogen and oxygen atoms in total. The number of hydrogen-bond acceptors (Lipinski definition) is 6. The second-order valence-electron chi connectivity index (χ2n) is 7.46. The molecule has 2 aliphatic carbocycles. The molecule has 1 heterocycles. The Labute approximate surface area is 166 Å². The second-order valence-corrected chi connectivity index (χ2v) is 9.66. The molecule has 2 N–H and O–H groups in total. The lowest BCUT2D eigenvalue weighted by molar-refractivity contribution is -0.119. The molecule has 8 heteroatoms. The van der Waals surface area contributed by atoms with E-state index in [4.69, 9.17) is 0 Å². The van der Waals surface area contributed by atoms with Gasteiger partial charge in [-0.1, -0.05) is 41.7 Å². The minimum atomic E-state index is -0.337. The van der Waals surface area contributed by atoms with Crippen LogP contribution >= 0.6 is 23.1 Å². The van der Waals surface area contributed by atoms with Gasteiger partial charge >= 0.3 is 0 Å². The number of rotatable bonds is 7. The number of fused-ring (bicyclic) bond motifs is 2. The number of nitrogens with one attached hydrogen (secondary N) is 2. The van der Waals surface area contributed by atoms with Crippen molar-refractivity contribution in [3.63, 3.8) is 0 Å². The number of thioether (sulfide) groups is 1. The molecule has 144 valence electrons. The first kappa shape index (κ1) is 18.7. The molecule has 0 aliphatic heterocycles. The van der Waals surface area contributed by atoms with Gasteiger partial charge in [-0.2, -0.15) is 0 Å². The summed E-state index contributed by atoms with van der Waals surface area (Å²) < 4.78 is 14.4. The fraction of sp³-hybridized carbons (Fsp3) is 0.526. The van der Waals surface area contributed by atoms with Crippen LogP contribution in [0.2, 0.25) is 0 Å². The zero-order valence-corrected chi connectivity index (χ0v) is 16.8. The molecule has 0 saturated heterocycles. The third kappa shape index (κ3) is 4.43. The third-order valence-corrected chi connectivity index (χ3v) is 7.64. The van der Waals surface area contributed by atoms with E-state index < -0.39 is 0 Å². The van der Waals surface area contributed by atoms with Crippen molar-refractivity contribution < 1.29 is 9.18 Å². The van der Waals surface area contributed by atoms with E-state index in [1.807, 2.05) is 0 Å². The summed E-state index contributed by atoms with van der Waals surface area (Å²) >= 11 is 2.68. The zero-order valence-electron chi connectivity index (χ0n) is 15.2. The first-order valence-electron chi connectivity index (χ1n) is 9.35. The Balaban J connectivity index is 1.25. The van der Waals surface area contributed by atoms with Crippen LogP contribution in [-0.2, 0) is 4.79 Å². The molecule has 1 aromatic carbocycles. The molecule has 27 heavy (non-hydrogen) atoms. The van der Waals surface area contributed by atoms with Crippen molar-refractivity contribution in [2.45, 2.75) is 43.0 Å². The molecule has 2 aromatic rings. The quantitative estimate of drug-likeness (QED) is 0.665. The number of amides is 1. The van der Waals surface area contributed by atoms with Gasteiger partial charge in [0.15, 0.2) is 4.34 Å². The fourth-order valence-corrected chi connectivity index (χ4v) is 6.01. The number of hydrogen-bond donors (Lipinski definition) is 2. The first-order valence-corrected chi connectivity index (χ1v) is 11.2. The van der Waals surface area contributed by atoms with E-state index in [1.54, 1.807) is 18.2 Å². The number of anilines is 2. The highest BCUT2D eigenvalue weighted by Gasteiger charge is 2.42. The Hall–Kier alpha value is -1.67. The van der Waals surface area contributed by atoms with Gasteiger partial charge in [0, 0.05) is 6.04 Å². The Kier molecular flexibility index (Phi) is 5.63. The molecule has 1 amide bonds. The molecule has 0 spiro atoms. The predicted octanol–water partition coefficient (Wildman–Crippen LogP) is 4.45. The summed E-state index contributed by atoms with van der Waals surface area (Å²) in [5.41, 5.74) is 0.364. The highest BCUT2D eigenvalue weighted by molar-refractivity contribution is 8.01. The van der Waals surface area contributed by atoms with E-state index in [0.717, 1.165) is 11.8 Å². The molecule has 4 unspecified atom stereocenters. The highest BCUT2D eigenvalue weighted by atomic mass is 32.2. The minimum absolute atomic E-state index is 0.0362. The summed E-state index contributed by atoms with van der Waals surface area (Å²) in [6.07, 6.45) is 5.31. The number of nitrogens with zero attached hydrogens (tertiary/aromatic N) is 2. The van der Waals surface area contributed by atoms with Crippen molar-refractivity contribution in [3.05, 3.63) is 30.1 Å². The van der Waals surface area contributed by atoms with Crippen molar-refractivity contribution in [1.82, 2.24) is 15.5 Å². The van der Waals surface area contributed by atoms with E-state index in [0.29, 0.717) is 26.8 Å². The Morgan fingerprint density at radius 2 is 2.19 bits per heavy atom. The van der Waals surface area contributed by atoms with Crippen LogP contribution in [0.1, 0.15) is 32.6 Å². The van der Waals surface area contributed by atoms with E-state index in [2.05, 4.69) is 27.8 Å². The number of carbonyl (C=O) groups is 1. The number of para-hydroxylation sites is 1. The number of aromatic nitrogens is 2. The average molecular weight is 407 g/mol. The van der Waals surface area contributed by atoms with Gasteiger partial charge in [-0.25, -0.2) is 4.39 Å². The Morgan fingerprint density at radius 1 is 1.33 bits per heavy atom. The maximum absolute atomic E-state index is 13.7. The van der Waals surface area contributed by atoms with Crippen LogP contribution in [0.3, 0.4) is 0 Å². The summed E-state index contributed by atoms with van der Waals surface area (Å²) in [5.74, 6) is 2.34. The summed E-state index contributed by atoms with van der Waals surface area (Å²) in [7, 11) is 0.